The van der Waals surface area contributed by atoms with Crippen molar-refractivity contribution in [3.63, 3.8) is 0 Å². The molecule has 1 aliphatic rings. The molecule has 1 aromatic carbocycles. The molecule has 0 spiro atoms. The summed E-state index contributed by atoms with van der Waals surface area (Å²) in [5, 5.41) is 9.08. The van der Waals surface area contributed by atoms with Crippen molar-refractivity contribution < 1.29 is 14.3 Å². The van der Waals surface area contributed by atoms with E-state index in [4.69, 9.17) is 14.7 Å². The molecule has 1 heterocycles. The first-order chi connectivity index (χ1) is 10.3. The van der Waals surface area contributed by atoms with Crippen LogP contribution < -0.4 is 4.74 Å². The maximum atomic E-state index is 11.8. The monoisotopic (exact) mass is 366 g/mol. The molecule has 1 fully saturated rings. The van der Waals surface area contributed by atoms with Gasteiger partial charge in [-0.05, 0) is 39.0 Å². The molecule has 0 bridgehead atoms. The van der Waals surface area contributed by atoms with Crippen LogP contribution in [0.4, 0.5) is 4.79 Å². The fourth-order valence-electron chi connectivity index (χ4n) is 2.07. The van der Waals surface area contributed by atoms with E-state index in [-0.39, 0.29) is 12.0 Å². The predicted molar refractivity (Wildman–Crippen MR) is 85.6 cm³/mol. The Balaban J connectivity index is 1.80. The number of nitrogens with zero attached hydrogens (tertiary/aromatic N) is 2. The van der Waals surface area contributed by atoms with Gasteiger partial charge < -0.3 is 14.4 Å². The number of amides is 1. The summed E-state index contributed by atoms with van der Waals surface area (Å²) >= 11 is 3.32. The highest BCUT2D eigenvalue weighted by Gasteiger charge is 2.34. The average molecular weight is 367 g/mol. The lowest BCUT2D eigenvalue weighted by Gasteiger charge is -2.39. The van der Waals surface area contributed by atoms with Crippen LogP contribution in [0.1, 0.15) is 26.3 Å². The van der Waals surface area contributed by atoms with Gasteiger partial charge in [0, 0.05) is 23.5 Å². The lowest BCUT2D eigenvalue weighted by molar-refractivity contribution is -0.00783. The Morgan fingerprint density at radius 1 is 1.45 bits per heavy atom. The highest BCUT2D eigenvalue weighted by molar-refractivity contribution is 9.10. The minimum absolute atomic E-state index is 0.266. The molecule has 1 aliphatic heterocycles. The summed E-state index contributed by atoms with van der Waals surface area (Å²) in [5.74, 6) is 0.837. The van der Waals surface area contributed by atoms with E-state index in [1.807, 2.05) is 26.8 Å². The molecule has 0 aromatic heterocycles. The largest absolute Gasteiger partial charge is 0.492 e. The van der Waals surface area contributed by atoms with E-state index in [1.54, 1.807) is 17.0 Å². The summed E-state index contributed by atoms with van der Waals surface area (Å²) < 4.78 is 11.8. The van der Waals surface area contributed by atoms with Crippen LogP contribution >= 0.6 is 15.9 Å². The molecule has 6 heteroatoms. The second kappa shape index (κ2) is 6.57. The van der Waals surface area contributed by atoms with Crippen molar-refractivity contribution in [1.29, 1.82) is 5.26 Å². The van der Waals surface area contributed by atoms with Crippen molar-refractivity contribution in [3.05, 3.63) is 28.2 Å². The molecular formula is C16H19BrN2O3. The van der Waals surface area contributed by atoms with Gasteiger partial charge in [-0.3, -0.25) is 0 Å². The lowest BCUT2D eigenvalue weighted by Crippen LogP contribution is -2.53. The quantitative estimate of drug-likeness (QED) is 0.820. The number of likely N-dealkylation sites (tertiary alicyclic amines) is 1. The van der Waals surface area contributed by atoms with Gasteiger partial charge in [0.2, 0.25) is 0 Å². The van der Waals surface area contributed by atoms with Gasteiger partial charge in [0.15, 0.2) is 0 Å². The summed E-state index contributed by atoms with van der Waals surface area (Å²) in [6, 6.07) is 7.44. The molecule has 0 radical (unpaired) electrons. The molecule has 1 aromatic rings. The van der Waals surface area contributed by atoms with Crippen molar-refractivity contribution in [2.75, 3.05) is 19.7 Å². The third-order valence-corrected chi connectivity index (χ3v) is 3.64. The van der Waals surface area contributed by atoms with E-state index in [0.29, 0.717) is 31.0 Å². The Hall–Kier alpha value is -1.74. The highest BCUT2D eigenvalue weighted by Crippen LogP contribution is 2.25. The minimum atomic E-state index is -0.474. The fraction of sp³-hybridized carbons (Fsp3) is 0.500. The Kier molecular flexibility index (Phi) is 4.97. The number of benzene rings is 1. The van der Waals surface area contributed by atoms with Crippen molar-refractivity contribution in [2.24, 2.45) is 5.92 Å². The Labute approximate surface area is 138 Å². The number of hydrogen-bond acceptors (Lipinski definition) is 4. The van der Waals surface area contributed by atoms with E-state index in [2.05, 4.69) is 22.0 Å². The van der Waals surface area contributed by atoms with Gasteiger partial charge >= 0.3 is 6.09 Å². The number of halogens is 1. The number of nitriles is 1. The highest BCUT2D eigenvalue weighted by atomic mass is 79.9. The van der Waals surface area contributed by atoms with Gasteiger partial charge in [-0.25, -0.2) is 4.79 Å². The average Bonchev–Trinajstić information content (AvgIpc) is 2.36. The van der Waals surface area contributed by atoms with Crippen LogP contribution in [0.25, 0.3) is 0 Å². The van der Waals surface area contributed by atoms with E-state index in [1.165, 1.54) is 0 Å². The molecule has 2 rings (SSSR count). The summed E-state index contributed by atoms with van der Waals surface area (Å²) in [4.78, 5) is 13.5. The summed E-state index contributed by atoms with van der Waals surface area (Å²) in [6.07, 6.45) is -0.287. The smallest absolute Gasteiger partial charge is 0.410 e. The number of ether oxygens (including phenoxy) is 2. The van der Waals surface area contributed by atoms with E-state index >= 15 is 0 Å². The van der Waals surface area contributed by atoms with Crippen LogP contribution in [0, 0.1) is 17.2 Å². The van der Waals surface area contributed by atoms with Crippen LogP contribution in [0.3, 0.4) is 0 Å². The van der Waals surface area contributed by atoms with Crippen LogP contribution in [0.5, 0.6) is 5.75 Å². The van der Waals surface area contributed by atoms with Crippen LogP contribution in [0.15, 0.2) is 22.7 Å². The van der Waals surface area contributed by atoms with Crippen molar-refractivity contribution >= 4 is 22.0 Å². The van der Waals surface area contributed by atoms with Gasteiger partial charge in [0.05, 0.1) is 12.2 Å². The van der Waals surface area contributed by atoms with Crippen molar-refractivity contribution in [2.45, 2.75) is 26.4 Å². The molecule has 118 valence electrons. The Morgan fingerprint density at radius 3 is 2.73 bits per heavy atom. The molecule has 22 heavy (non-hydrogen) atoms. The van der Waals surface area contributed by atoms with E-state index < -0.39 is 5.60 Å². The second-order valence-corrected chi connectivity index (χ2v) is 7.23. The number of rotatable bonds is 3. The number of carbonyl (C=O) groups excluding carboxylic acids is 1. The fourth-order valence-corrected chi connectivity index (χ4v) is 2.43. The third-order valence-electron chi connectivity index (χ3n) is 3.15. The molecule has 0 atom stereocenters. The second-order valence-electron chi connectivity index (χ2n) is 6.31. The topological polar surface area (TPSA) is 62.6 Å². The van der Waals surface area contributed by atoms with E-state index in [9.17, 15) is 4.79 Å². The van der Waals surface area contributed by atoms with Crippen molar-refractivity contribution in [1.82, 2.24) is 4.90 Å². The van der Waals surface area contributed by atoms with Gasteiger partial charge in [-0.15, -0.1) is 0 Å². The van der Waals surface area contributed by atoms with E-state index in [0.717, 1.165) is 4.47 Å². The van der Waals surface area contributed by atoms with Gasteiger partial charge in [0.25, 0.3) is 0 Å². The normalized spacial score (nSPS) is 15.0. The zero-order valence-corrected chi connectivity index (χ0v) is 14.5. The van der Waals surface area contributed by atoms with Gasteiger partial charge in [0.1, 0.15) is 17.4 Å². The first-order valence-corrected chi connectivity index (χ1v) is 7.88. The zero-order chi connectivity index (χ0) is 16.3. The predicted octanol–water partition coefficient (Wildman–Crippen LogP) is 3.57. The first-order valence-electron chi connectivity index (χ1n) is 7.09. The van der Waals surface area contributed by atoms with Crippen LogP contribution in [-0.4, -0.2) is 36.3 Å². The van der Waals surface area contributed by atoms with Gasteiger partial charge in [-0.1, -0.05) is 15.9 Å². The summed E-state index contributed by atoms with van der Waals surface area (Å²) in [5.41, 5.74) is 0.0235. The molecule has 1 saturated heterocycles. The maximum absolute atomic E-state index is 11.8. The van der Waals surface area contributed by atoms with Crippen molar-refractivity contribution in [3.8, 4) is 11.8 Å². The Morgan fingerprint density at radius 2 is 2.14 bits per heavy atom. The first kappa shape index (κ1) is 16.6. The Bertz CT molecular complexity index is 598. The SMILES string of the molecule is CC(C)(C)OC(=O)N1CC(COc2ccc(Br)cc2C#N)C1. The van der Waals surface area contributed by atoms with Crippen LogP contribution in [-0.2, 0) is 4.74 Å². The number of hydrogen-bond donors (Lipinski definition) is 0. The summed E-state index contributed by atoms with van der Waals surface area (Å²) in [7, 11) is 0. The summed E-state index contributed by atoms with van der Waals surface area (Å²) in [6.45, 7) is 7.27. The van der Waals surface area contributed by atoms with Gasteiger partial charge in [-0.2, -0.15) is 5.26 Å². The molecule has 0 unspecified atom stereocenters. The zero-order valence-electron chi connectivity index (χ0n) is 12.9. The lowest BCUT2D eigenvalue weighted by atomic mass is 10.0. The maximum Gasteiger partial charge on any atom is 0.410 e. The molecule has 0 N–H and O–H groups in total. The minimum Gasteiger partial charge on any atom is -0.492 e. The standard InChI is InChI=1S/C16H19BrN2O3/c1-16(2,3)22-15(20)19-8-11(9-19)10-21-14-5-4-13(17)6-12(14)7-18/h4-6,11H,8-10H2,1-3H3. The molecule has 1 amide bonds. The molecular weight excluding hydrogens is 348 g/mol. The molecule has 0 saturated carbocycles. The van der Waals surface area contributed by atoms with Crippen LogP contribution in [0.2, 0.25) is 0 Å². The third kappa shape index (κ3) is 4.38. The molecule has 5 nitrogen and oxygen atoms in total. The molecule has 0 aliphatic carbocycles. The number of carbonyl (C=O) groups is 1.